The third kappa shape index (κ3) is 1.81. The number of hydrogen-bond acceptors (Lipinski definition) is 2. The minimum Gasteiger partial charge on any atom is -0.481 e. The summed E-state index contributed by atoms with van der Waals surface area (Å²) in [5.41, 5.74) is 4.35. The third-order valence-corrected chi connectivity index (χ3v) is 3.02. The number of carboxylic acid groups (broad SMARTS) is 1. The van der Waals surface area contributed by atoms with E-state index < -0.39 is 17.4 Å². The molecule has 0 aromatic carbocycles. The first-order valence-corrected chi connectivity index (χ1v) is 4.79. The number of primary amides is 1. The van der Waals surface area contributed by atoms with Crippen molar-refractivity contribution in [2.45, 2.75) is 26.2 Å². The average molecular weight is 200 g/mol. The molecule has 1 aliphatic rings. The predicted molar refractivity (Wildman–Crippen MR) is 50.8 cm³/mol. The number of urea groups is 1. The van der Waals surface area contributed by atoms with E-state index in [1.807, 2.05) is 6.92 Å². The van der Waals surface area contributed by atoms with Gasteiger partial charge in [0.25, 0.3) is 0 Å². The monoisotopic (exact) mass is 200 g/mol. The molecule has 5 heteroatoms. The first kappa shape index (κ1) is 10.8. The fourth-order valence-electron chi connectivity index (χ4n) is 1.93. The topological polar surface area (TPSA) is 83.6 Å². The Labute approximate surface area is 82.9 Å². The molecule has 1 unspecified atom stereocenters. The molecule has 1 saturated heterocycles. The van der Waals surface area contributed by atoms with E-state index in [1.165, 1.54) is 4.90 Å². The van der Waals surface area contributed by atoms with Crippen LogP contribution in [0.5, 0.6) is 0 Å². The van der Waals surface area contributed by atoms with Crippen LogP contribution in [0.25, 0.3) is 0 Å². The molecule has 0 spiro atoms. The number of nitrogens with zero attached hydrogens (tertiary/aromatic N) is 1. The Hall–Kier alpha value is -1.26. The lowest BCUT2D eigenvalue weighted by atomic mass is 9.78. The average Bonchev–Trinajstić information content (AvgIpc) is 2.17. The van der Waals surface area contributed by atoms with Gasteiger partial charge in [0.2, 0.25) is 0 Å². The third-order valence-electron chi connectivity index (χ3n) is 3.02. The number of carbonyl (C=O) groups excluding carboxylic acids is 1. The summed E-state index contributed by atoms with van der Waals surface area (Å²) in [5, 5.41) is 9.11. The molecule has 2 amide bonds. The van der Waals surface area contributed by atoms with Gasteiger partial charge in [-0.1, -0.05) is 6.92 Å². The van der Waals surface area contributed by atoms with E-state index in [2.05, 4.69) is 0 Å². The van der Waals surface area contributed by atoms with Crippen LogP contribution in [0.2, 0.25) is 0 Å². The minimum absolute atomic E-state index is 0.244. The fourth-order valence-corrected chi connectivity index (χ4v) is 1.93. The molecule has 1 rings (SSSR count). The van der Waals surface area contributed by atoms with E-state index in [0.29, 0.717) is 25.8 Å². The molecule has 5 nitrogen and oxygen atoms in total. The van der Waals surface area contributed by atoms with Crippen LogP contribution in [-0.4, -0.2) is 35.1 Å². The van der Waals surface area contributed by atoms with Crippen LogP contribution in [-0.2, 0) is 4.79 Å². The number of carbonyl (C=O) groups is 2. The summed E-state index contributed by atoms with van der Waals surface area (Å²) in [4.78, 5) is 23.5. The SMILES string of the molecule is CCC1(C(=O)O)CCCN(C(N)=O)C1. The zero-order valence-corrected chi connectivity index (χ0v) is 8.32. The predicted octanol–water partition coefficient (Wildman–Crippen LogP) is 0.642. The van der Waals surface area contributed by atoms with Crippen LogP contribution in [0.15, 0.2) is 0 Å². The standard InChI is InChI=1S/C9H16N2O3/c1-2-9(7(12)13)4-3-5-11(6-9)8(10)14/h2-6H2,1H3,(H2,10,14)(H,12,13). The zero-order chi connectivity index (χ0) is 10.8. The highest BCUT2D eigenvalue weighted by molar-refractivity contribution is 5.78. The minimum atomic E-state index is -0.828. The second-order valence-electron chi connectivity index (χ2n) is 3.80. The fraction of sp³-hybridized carbons (Fsp3) is 0.778. The van der Waals surface area contributed by atoms with Crippen molar-refractivity contribution in [2.24, 2.45) is 11.1 Å². The molecule has 0 saturated carbocycles. The Kier molecular flexibility index (Phi) is 2.98. The molecule has 0 aromatic heterocycles. The highest BCUT2D eigenvalue weighted by atomic mass is 16.4. The molecule has 1 fully saturated rings. The number of rotatable bonds is 2. The first-order valence-electron chi connectivity index (χ1n) is 4.79. The van der Waals surface area contributed by atoms with E-state index in [-0.39, 0.29) is 6.54 Å². The summed E-state index contributed by atoms with van der Waals surface area (Å²) in [7, 11) is 0. The maximum absolute atomic E-state index is 11.1. The van der Waals surface area contributed by atoms with Gasteiger partial charge >= 0.3 is 12.0 Å². The lowest BCUT2D eigenvalue weighted by Crippen LogP contribution is -2.51. The van der Waals surface area contributed by atoms with Crippen molar-refractivity contribution in [3.63, 3.8) is 0 Å². The molecule has 0 aliphatic carbocycles. The zero-order valence-electron chi connectivity index (χ0n) is 8.32. The van der Waals surface area contributed by atoms with Crippen molar-refractivity contribution in [3.05, 3.63) is 0 Å². The Morgan fingerprint density at radius 3 is 2.64 bits per heavy atom. The largest absolute Gasteiger partial charge is 0.481 e. The summed E-state index contributed by atoms with van der Waals surface area (Å²) in [5.74, 6) is -0.828. The van der Waals surface area contributed by atoms with Crippen molar-refractivity contribution < 1.29 is 14.7 Å². The molecule has 14 heavy (non-hydrogen) atoms. The quantitative estimate of drug-likeness (QED) is 0.686. The maximum atomic E-state index is 11.1. The molecule has 3 N–H and O–H groups in total. The molecule has 1 heterocycles. The Balaban J connectivity index is 2.79. The lowest BCUT2D eigenvalue weighted by molar-refractivity contribution is -0.152. The van der Waals surface area contributed by atoms with Gasteiger partial charge in [0.15, 0.2) is 0 Å². The van der Waals surface area contributed by atoms with E-state index in [4.69, 9.17) is 10.8 Å². The van der Waals surface area contributed by atoms with Gasteiger partial charge in [-0.2, -0.15) is 0 Å². The van der Waals surface area contributed by atoms with E-state index >= 15 is 0 Å². The van der Waals surface area contributed by atoms with Gasteiger partial charge in [-0.15, -0.1) is 0 Å². The number of hydrogen-bond donors (Lipinski definition) is 2. The highest BCUT2D eigenvalue weighted by Crippen LogP contribution is 2.33. The van der Waals surface area contributed by atoms with E-state index in [0.717, 1.165) is 0 Å². The second kappa shape index (κ2) is 3.86. The molecule has 1 aliphatic heterocycles. The number of likely N-dealkylation sites (tertiary alicyclic amines) is 1. The van der Waals surface area contributed by atoms with Crippen LogP contribution < -0.4 is 5.73 Å². The van der Waals surface area contributed by atoms with Gasteiger partial charge in [-0.3, -0.25) is 4.79 Å². The summed E-state index contributed by atoms with van der Waals surface area (Å²) >= 11 is 0. The Morgan fingerprint density at radius 1 is 1.57 bits per heavy atom. The number of amides is 2. The number of carboxylic acids is 1. The molecule has 0 aromatic rings. The van der Waals surface area contributed by atoms with Crippen LogP contribution >= 0.6 is 0 Å². The van der Waals surface area contributed by atoms with Crippen LogP contribution in [0.3, 0.4) is 0 Å². The Morgan fingerprint density at radius 2 is 2.21 bits per heavy atom. The van der Waals surface area contributed by atoms with Crippen molar-refractivity contribution >= 4 is 12.0 Å². The number of nitrogens with two attached hydrogens (primary N) is 1. The summed E-state index contributed by atoms with van der Waals surface area (Å²) in [6, 6.07) is -0.524. The first-order chi connectivity index (χ1) is 6.52. The molecule has 0 bridgehead atoms. The van der Waals surface area contributed by atoms with Gasteiger partial charge < -0.3 is 15.7 Å². The lowest BCUT2D eigenvalue weighted by Gasteiger charge is -2.38. The van der Waals surface area contributed by atoms with Gasteiger partial charge in [-0.05, 0) is 19.3 Å². The second-order valence-corrected chi connectivity index (χ2v) is 3.80. The summed E-state index contributed by atoms with van der Waals surface area (Å²) < 4.78 is 0. The van der Waals surface area contributed by atoms with Crippen molar-refractivity contribution in [2.75, 3.05) is 13.1 Å². The van der Waals surface area contributed by atoms with Gasteiger partial charge in [0, 0.05) is 13.1 Å². The van der Waals surface area contributed by atoms with Crippen LogP contribution in [0, 0.1) is 5.41 Å². The number of piperidine rings is 1. The molecule has 1 atom stereocenters. The summed E-state index contributed by atoms with van der Waals surface area (Å²) in [6.07, 6.45) is 1.87. The van der Waals surface area contributed by atoms with Crippen LogP contribution in [0.1, 0.15) is 26.2 Å². The molecule has 80 valence electrons. The van der Waals surface area contributed by atoms with Gasteiger partial charge in [0.1, 0.15) is 0 Å². The van der Waals surface area contributed by atoms with Crippen molar-refractivity contribution in [1.82, 2.24) is 4.90 Å². The molecular weight excluding hydrogens is 184 g/mol. The molecular formula is C9H16N2O3. The summed E-state index contributed by atoms with van der Waals surface area (Å²) in [6.45, 7) is 2.65. The van der Waals surface area contributed by atoms with E-state index in [9.17, 15) is 9.59 Å². The maximum Gasteiger partial charge on any atom is 0.314 e. The highest BCUT2D eigenvalue weighted by Gasteiger charge is 2.41. The van der Waals surface area contributed by atoms with Gasteiger partial charge in [-0.25, -0.2) is 4.79 Å². The number of aliphatic carboxylic acids is 1. The van der Waals surface area contributed by atoms with Gasteiger partial charge in [0.05, 0.1) is 5.41 Å². The molecule has 0 radical (unpaired) electrons. The normalized spacial score (nSPS) is 27.4. The van der Waals surface area contributed by atoms with Crippen molar-refractivity contribution in [1.29, 1.82) is 0 Å². The van der Waals surface area contributed by atoms with Crippen molar-refractivity contribution in [3.8, 4) is 0 Å². The van der Waals surface area contributed by atoms with Crippen LogP contribution in [0.4, 0.5) is 4.79 Å². The smallest absolute Gasteiger partial charge is 0.314 e. The Bertz CT molecular complexity index is 254. The van der Waals surface area contributed by atoms with E-state index in [1.54, 1.807) is 0 Å².